The van der Waals surface area contributed by atoms with E-state index >= 15 is 0 Å². The molecule has 1 aliphatic heterocycles. The van der Waals surface area contributed by atoms with E-state index in [1.165, 1.54) is 7.11 Å². The molecule has 0 spiro atoms. The Morgan fingerprint density at radius 1 is 0.545 bits per heavy atom. The van der Waals surface area contributed by atoms with Gasteiger partial charge in [0.05, 0.1) is 0 Å². The van der Waals surface area contributed by atoms with Gasteiger partial charge in [-0.05, 0) is 0 Å². The third-order valence-corrected chi connectivity index (χ3v) is 9.37. The Bertz CT molecular complexity index is 1570. The topological polar surface area (TPSA) is 114 Å². The van der Waals surface area contributed by atoms with Crippen molar-refractivity contribution in [3.8, 4) is 0 Å². The van der Waals surface area contributed by atoms with Gasteiger partial charge < -0.3 is 0 Å². The Morgan fingerprint density at radius 2 is 0.932 bits per heavy atom. The predicted octanol–water partition coefficient (Wildman–Crippen LogP) is 3.59. The van der Waals surface area contributed by atoms with E-state index < -0.39 is 69.5 Å². The molecule has 0 aromatic heterocycles. The number of carbonyl (C=O) groups excluding carboxylic acids is 4. The molecule has 0 saturated carbocycles. The summed E-state index contributed by atoms with van der Waals surface area (Å²) in [6, 6.07) is 33.7. The normalized spacial score (nSPS) is 21.1. The van der Waals surface area contributed by atoms with Gasteiger partial charge in [0.1, 0.15) is 0 Å². The molecule has 1 heterocycles. The van der Waals surface area contributed by atoms with Crippen molar-refractivity contribution in [1.29, 1.82) is 0 Å². The quantitative estimate of drug-likeness (QED) is 0.139. The molecule has 5 rings (SSSR count). The minimum atomic E-state index is -1.53. The average molecular weight is 708 g/mol. The molecule has 0 radical (unpaired) electrons. The Kier molecular flexibility index (Phi) is 10.5. The molecule has 0 N–H and O–H groups in total. The van der Waals surface area contributed by atoms with E-state index in [-0.39, 0.29) is 20.5 Å². The van der Waals surface area contributed by atoms with Crippen molar-refractivity contribution in [3.05, 3.63) is 138 Å². The molecular formula is C34H28O9Te. The molecule has 0 amide bonds. The summed E-state index contributed by atoms with van der Waals surface area (Å²) in [6.45, 7) is 0. The van der Waals surface area contributed by atoms with Crippen LogP contribution in [0.5, 0.6) is 0 Å². The number of hydrogen-bond acceptors (Lipinski definition) is 9. The van der Waals surface area contributed by atoms with Crippen molar-refractivity contribution >= 4 is 46.3 Å². The third kappa shape index (κ3) is 7.59. The third-order valence-electron chi connectivity index (χ3n) is 6.68. The van der Waals surface area contributed by atoms with Crippen LogP contribution in [-0.4, -0.2) is 80.5 Å². The van der Waals surface area contributed by atoms with Crippen LogP contribution in [0.2, 0.25) is 0 Å². The molecule has 10 heteroatoms. The van der Waals surface area contributed by atoms with Gasteiger partial charge in [-0.15, -0.1) is 0 Å². The number of benzene rings is 4. The van der Waals surface area contributed by atoms with Gasteiger partial charge in [0.2, 0.25) is 0 Å². The van der Waals surface area contributed by atoms with Crippen molar-refractivity contribution in [2.24, 2.45) is 0 Å². The Morgan fingerprint density at radius 3 is 1.36 bits per heavy atom. The van der Waals surface area contributed by atoms with E-state index in [4.69, 9.17) is 23.7 Å². The first-order valence-corrected chi connectivity index (χ1v) is 16.0. The van der Waals surface area contributed by atoms with Crippen LogP contribution in [-0.2, 0) is 28.5 Å². The van der Waals surface area contributed by atoms with Crippen LogP contribution in [0.25, 0.3) is 0 Å². The second-order valence-corrected chi connectivity index (χ2v) is 12.7. The Balaban J connectivity index is 1.55. The summed E-state index contributed by atoms with van der Waals surface area (Å²) in [5.74, 6) is -2.31. The molecule has 1 fully saturated rings. The summed E-state index contributed by atoms with van der Waals surface area (Å²) in [5.41, 5.74) is 0.635. The van der Waals surface area contributed by atoms with E-state index in [9.17, 15) is 19.2 Å². The first-order valence-electron chi connectivity index (χ1n) is 13.7. The maximum atomic E-state index is 13.8. The summed E-state index contributed by atoms with van der Waals surface area (Å²) >= 11 is -1.53. The van der Waals surface area contributed by atoms with Crippen LogP contribution in [0.4, 0.5) is 0 Å². The van der Waals surface area contributed by atoms with Crippen LogP contribution in [0.3, 0.4) is 0 Å². The van der Waals surface area contributed by atoms with E-state index in [2.05, 4.69) is 0 Å². The van der Waals surface area contributed by atoms with Crippen molar-refractivity contribution in [2.45, 2.75) is 30.7 Å². The number of ether oxygens (including phenoxy) is 5. The summed E-state index contributed by atoms with van der Waals surface area (Å²) in [6.07, 6.45) is -7.07. The molecule has 0 bridgehead atoms. The van der Waals surface area contributed by atoms with Gasteiger partial charge in [-0.3, -0.25) is 0 Å². The fraction of sp³-hybridized carbons (Fsp3) is 0.176. The fourth-order valence-corrected chi connectivity index (χ4v) is 6.91. The molecule has 9 nitrogen and oxygen atoms in total. The average Bonchev–Trinajstić information content (AvgIpc) is 3.07. The number of methoxy groups -OCH3 is 1. The summed E-state index contributed by atoms with van der Waals surface area (Å²) < 4.78 is 29.9. The van der Waals surface area contributed by atoms with Gasteiger partial charge >= 0.3 is 265 Å². The van der Waals surface area contributed by atoms with Crippen LogP contribution in [0, 0.1) is 0 Å². The fourth-order valence-electron chi connectivity index (χ4n) is 4.54. The molecule has 0 unspecified atom stereocenters. The van der Waals surface area contributed by atoms with Gasteiger partial charge in [0.25, 0.3) is 0 Å². The zero-order chi connectivity index (χ0) is 30.9. The number of hydrogen-bond donors (Lipinski definition) is 0. The van der Waals surface area contributed by atoms with Gasteiger partial charge in [0, 0.05) is 0 Å². The Hall–Kier alpha value is -4.33. The second kappa shape index (κ2) is 14.9. The SMILES string of the molecule is CO[C@H]1O[C@H](C(=O)[Te]c2ccccc2)[C@@H](OC(=O)c2ccccc2)[C@H](OC(=O)c2ccccc2)[C@@H]1OC(=O)c1ccccc1. The van der Waals surface area contributed by atoms with Crippen molar-refractivity contribution in [1.82, 2.24) is 0 Å². The van der Waals surface area contributed by atoms with Crippen LogP contribution in [0.1, 0.15) is 31.1 Å². The van der Waals surface area contributed by atoms with Crippen molar-refractivity contribution in [3.63, 3.8) is 0 Å². The molecule has 0 aliphatic carbocycles. The summed E-state index contributed by atoms with van der Waals surface area (Å²) in [4.78, 5) is 53.9. The Labute approximate surface area is 264 Å². The van der Waals surface area contributed by atoms with Gasteiger partial charge in [-0.1, -0.05) is 0 Å². The first kappa shape index (κ1) is 31.1. The zero-order valence-corrected chi connectivity index (χ0v) is 25.8. The van der Waals surface area contributed by atoms with Crippen LogP contribution in [0.15, 0.2) is 121 Å². The van der Waals surface area contributed by atoms with Crippen molar-refractivity contribution in [2.75, 3.05) is 7.11 Å². The number of rotatable bonds is 10. The first-order chi connectivity index (χ1) is 21.4. The molecular weight excluding hydrogens is 680 g/mol. The number of esters is 3. The molecule has 44 heavy (non-hydrogen) atoms. The molecule has 4 aromatic carbocycles. The standard InChI is InChI=1S/C34H28O9Te/c1-39-34-29(42-32(37)24-18-10-4-11-19-24)27(41-31(36)23-16-8-3-9-17-23)26(40-30(35)22-14-6-2-7-15-22)28(43-34)33(38)44-25-20-12-5-13-21-25/h2-21,26-29,34H,1H3/t26-,27-,28-,29-,34-/m0/s1. The zero-order valence-electron chi connectivity index (χ0n) is 23.5. The maximum absolute atomic E-state index is 13.8. The monoisotopic (exact) mass is 710 g/mol. The summed E-state index contributed by atoms with van der Waals surface area (Å²) in [5, 5.41) is 0. The van der Waals surface area contributed by atoms with E-state index in [0.717, 1.165) is 3.61 Å². The van der Waals surface area contributed by atoms with Gasteiger partial charge in [-0.25, -0.2) is 0 Å². The molecule has 5 atom stereocenters. The minimum absolute atomic E-state index is 0.204. The molecule has 1 aliphatic rings. The molecule has 1 saturated heterocycles. The molecule has 224 valence electrons. The number of carbonyl (C=O) groups is 4. The van der Waals surface area contributed by atoms with E-state index in [0.29, 0.717) is 0 Å². The van der Waals surface area contributed by atoms with E-state index in [1.54, 1.807) is 91.0 Å². The van der Waals surface area contributed by atoms with E-state index in [1.807, 2.05) is 30.3 Å². The van der Waals surface area contributed by atoms with Crippen LogP contribution >= 0.6 is 0 Å². The van der Waals surface area contributed by atoms with Gasteiger partial charge in [-0.2, -0.15) is 0 Å². The van der Waals surface area contributed by atoms with Crippen molar-refractivity contribution < 1.29 is 42.9 Å². The second-order valence-electron chi connectivity index (χ2n) is 9.60. The molecule has 4 aromatic rings. The predicted molar refractivity (Wildman–Crippen MR) is 159 cm³/mol. The summed E-state index contributed by atoms with van der Waals surface area (Å²) in [7, 11) is 1.32. The van der Waals surface area contributed by atoms with Crippen LogP contribution < -0.4 is 3.61 Å². The van der Waals surface area contributed by atoms with Gasteiger partial charge in [0.15, 0.2) is 0 Å².